The van der Waals surface area contributed by atoms with Crippen LogP contribution in [0.15, 0.2) is 17.2 Å². The molecule has 1 heterocycles. The van der Waals surface area contributed by atoms with Gasteiger partial charge in [0.15, 0.2) is 0 Å². The Morgan fingerprint density at radius 1 is 1.50 bits per heavy atom. The van der Waals surface area contributed by atoms with E-state index in [2.05, 4.69) is 23.7 Å². The smallest absolute Gasteiger partial charge is 0.313 e. The van der Waals surface area contributed by atoms with Gasteiger partial charge in [0.2, 0.25) is 0 Å². The molecule has 0 saturated heterocycles. The minimum atomic E-state index is -0.0307. The zero-order chi connectivity index (χ0) is 10.8. The van der Waals surface area contributed by atoms with E-state index in [9.17, 15) is 4.79 Å². The monoisotopic (exact) mass is 197 g/mol. The number of nitrogens with one attached hydrogen (secondary N) is 1. The van der Waals surface area contributed by atoms with Gasteiger partial charge in [0.1, 0.15) is 0 Å². The van der Waals surface area contributed by atoms with Crippen LogP contribution < -0.4 is 5.69 Å². The Morgan fingerprint density at radius 2 is 2.14 bits per heavy atom. The number of aromatic amines is 1. The van der Waals surface area contributed by atoms with E-state index in [1.54, 1.807) is 17.0 Å². The van der Waals surface area contributed by atoms with Crippen LogP contribution in [-0.4, -0.2) is 35.1 Å². The molecule has 0 saturated carbocycles. The zero-order valence-electron chi connectivity index (χ0n) is 9.37. The first-order valence-corrected chi connectivity index (χ1v) is 4.79. The van der Waals surface area contributed by atoms with E-state index in [1.807, 2.05) is 14.1 Å². The minimum Gasteiger partial charge on any atom is -0.313 e. The van der Waals surface area contributed by atoms with E-state index in [-0.39, 0.29) is 11.1 Å². The normalized spacial score (nSPS) is 12.4. The molecule has 4 nitrogen and oxygen atoms in total. The molecule has 14 heavy (non-hydrogen) atoms. The van der Waals surface area contributed by atoms with Crippen LogP contribution in [0.1, 0.15) is 13.8 Å². The Bertz CT molecular complexity index is 335. The summed E-state index contributed by atoms with van der Waals surface area (Å²) in [6.07, 6.45) is 3.47. The second-order valence-corrected chi connectivity index (χ2v) is 4.80. The molecule has 80 valence electrons. The lowest BCUT2D eigenvalue weighted by Gasteiger charge is -2.28. The van der Waals surface area contributed by atoms with E-state index < -0.39 is 0 Å². The van der Waals surface area contributed by atoms with Gasteiger partial charge < -0.3 is 9.88 Å². The highest BCUT2D eigenvalue weighted by Gasteiger charge is 2.20. The number of rotatable bonds is 4. The van der Waals surface area contributed by atoms with Crippen LogP contribution in [0.25, 0.3) is 0 Å². The standard InChI is InChI=1S/C10H19N3O/c1-10(2,7-12(3)4)8-13-6-5-11-9(13)14/h5-6H,7-8H2,1-4H3,(H,11,14). The lowest BCUT2D eigenvalue weighted by molar-refractivity contribution is 0.209. The van der Waals surface area contributed by atoms with E-state index >= 15 is 0 Å². The molecule has 1 aromatic heterocycles. The first-order valence-electron chi connectivity index (χ1n) is 4.79. The summed E-state index contributed by atoms with van der Waals surface area (Å²) in [6, 6.07) is 0. The number of hydrogen-bond donors (Lipinski definition) is 1. The minimum absolute atomic E-state index is 0.0307. The number of H-pyrrole nitrogens is 1. The second-order valence-electron chi connectivity index (χ2n) is 4.80. The summed E-state index contributed by atoms with van der Waals surface area (Å²) in [5.41, 5.74) is 0.0760. The maximum absolute atomic E-state index is 11.3. The maximum atomic E-state index is 11.3. The number of imidazole rings is 1. The molecule has 0 aliphatic heterocycles. The van der Waals surface area contributed by atoms with Crippen molar-refractivity contribution in [3.05, 3.63) is 22.9 Å². The van der Waals surface area contributed by atoms with Gasteiger partial charge in [0, 0.05) is 25.5 Å². The van der Waals surface area contributed by atoms with E-state index in [0.29, 0.717) is 0 Å². The lowest BCUT2D eigenvalue weighted by atomic mass is 9.93. The zero-order valence-corrected chi connectivity index (χ0v) is 9.37. The van der Waals surface area contributed by atoms with Crippen molar-refractivity contribution in [1.82, 2.24) is 14.5 Å². The molecule has 0 unspecified atom stereocenters. The van der Waals surface area contributed by atoms with Gasteiger partial charge >= 0.3 is 5.69 Å². The molecule has 0 aliphatic rings. The largest absolute Gasteiger partial charge is 0.325 e. The Balaban J connectivity index is 2.68. The summed E-state index contributed by atoms with van der Waals surface area (Å²) >= 11 is 0. The van der Waals surface area contributed by atoms with Crippen molar-refractivity contribution in [3.63, 3.8) is 0 Å². The van der Waals surface area contributed by atoms with Gasteiger partial charge in [-0.1, -0.05) is 13.8 Å². The molecule has 0 spiro atoms. The fourth-order valence-corrected chi connectivity index (χ4v) is 1.84. The summed E-state index contributed by atoms with van der Waals surface area (Å²) in [5, 5.41) is 0. The SMILES string of the molecule is CN(C)CC(C)(C)Cn1cc[nH]c1=O. The van der Waals surface area contributed by atoms with Crippen LogP contribution in [-0.2, 0) is 6.54 Å². The third-order valence-corrected chi connectivity index (χ3v) is 2.06. The van der Waals surface area contributed by atoms with Crippen LogP contribution >= 0.6 is 0 Å². The lowest BCUT2D eigenvalue weighted by Crippen LogP contribution is -2.34. The van der Waals surface area contributed by atoms with E-state index in [0.717, 1.165) is 13.1 Å². The van der Waals surface area contributed by atoms with Gasteiger partial charge in [0.25, 0.3) is 0 Å². The third-order valence-electron chi connectivity index (χ3n) is 2.06. The third kappa shape index (κ3) is 3.03. The molecule has 4 heteroatoms. The average Bonchev–Trinajstić information content (AvgIpc) is 2.32. The summed E-state index contributed by atoms with van der Waals surface area (Å²) in [7, 11) is 4.09. The van der Waals surface area contributed by atoms with Gasteiger partial charge in [-0.15, -0.1) is 0 Å². The summed E-state index contributed by atoms with van der Waals surface area (Å²) in [4.78, 5) is 16.1. The van der Waals surface area contributed by atoms with Crippen molar-refractivity contribution < 1.29 is 0 Å². The summed E-state index contributed by atoms with van der Waals surface area (Å²) in [6.45, 7) is 6.02. The van der Waals surface area contributed by atoms with Gasteiger partial charge in [-0.25, -0.2) is 4.79 Å². The molecule has 1 rings (SSSR count). The quantitative estimate of drug-likeness (QED) is 0.774. The van der Waals surface area contributed by atoms with Gasteiger partial charge in [0.05, 0.1) is 0 Å². The van der Waals surface area contributed by atoms with Crippen LogP contribution in [0.2, 0.25) is 0 Å². The molecular formula is C10H19N3O. The Morgan fingerprint density at radius 3 is 2.57 bits per heavy atom. The highest BCUT2D eigenvalue weighted by atomic mass is 16.1. The maximum Gasteiger partial charge on any atom is 0.325 e. The predicted octanol–water partition coefficient (Wildman–Crippen LogP) is 0.764. The van der Waals surface area contributed by atoms with Crippen LogP contribution in [0.5, 0.6) is 0 Å². The topological polar surface area (TPSA) is 41.0 Å². The van der Waals surface area contributed by atoms with Crippen LogP contribution in [0.4, 0.5) is 0 Å². The molecule has 0 atom stereocenters. The number of hydrogen-bond acceptors (Lipinski definition) is 2. The van der Waals surface area contributed by atoms with E-state index in [4.69, 9.17) is 0 Å². The fourth-order valence-electron chi connectivity index (χ4n) is 1.84. The van der Waals surface area contributed by atoms with Crippen molar-refractivity contribution in [3.8, 4) is 0 Å². The average molecular weight is 197 g/mol. The molecule has 0 radical (unpaired) electrons. The Hall–Kier alpha value is -1.03. The van der Waals surface area contributed by atoms with E-state index in [1.165, 1.54) is 0 Å². The molecule has 0 bridgehead atoms. The van der Waals surface area contributed by atoms with Crippen molar-refractivity contribution in [2.75, 3.05) is 20.6 Å². The first-order chi connectivity index (χ1) is 6.41. The van der Waals surface area contributed by atoms with Gasteiger partial charge in [-0.3, -0.25) is 4.57 Å². The van der Waals surface area contributed by atoms with Gasteiger partial charge in [-0.05, 0) is 19.5 Å². The molecule has 1 N–H and O–H groups in total. The van der Waals surface area contributed by atoms with Crippen molar-refractivity contribution in [2.45, 2.75) is 20.4 Å². The molecular weight excluding hydrogens is 178 g/mol. The van der Waals surface area contributed by atoms with Crippen molar-refractivity contribution >= 4 is 0 Å². The molecule has 0 fully saturated rings. The van der Waals surface area contributed by atoms with Crippen molar-refractivity contribution in [2.24, 2.45) is 5.41 Å². The summed E-state index contributed by atoms with van der Waals surface area (Å²) < 4.78 is 1.71. The molecule has 1 aromatic rings. The summed E-state index contributed by atoms with van der Waals surface area (Å²) in [5.74, 6) is 0. The Labute approximate surface area is 84.5 Å². The number of nitrogens with zero attached hydrogens (tertiary/aromatic N) is 2. The predicted molar refractivity (Wildman–Crippen MR) is 57.4 cm³/mol. The number of aromatic nitrogens is 2. The first kappa shape index (κ1) is 11.0. The fraction of sp³-hybridized carbons (Fsp3) is 0.700. The molecule has 0 aromatic carbocycles. The van der Waals surface area contributed by atoms with Crippen molar-refractivity contribution in [1.29, 1.82) is 0 Å². The van der Waals surface area contributed by atoms with Gasteiger partial charge in [-0.2, -0.15) is 0 Å². The second kappa shape index (κ2) is 4.00. The Kier molecular flexibility index (Phi) is 3.16. The van der Waals surface area contributed by atoms with Crippen LogP contribution in [0.3, 0.4) is 0 Å². The highest BCUT2D eigenvalue weighted by molar-refractivity contribution is 4.80. The molecule has 0 amide bonds. The molecule has 0 aliphatic carbocycles. The highest BCUT2D eigenvalue weighted by Crippen LogP contribution is 2.17. The van der Waals surface area contributed by atoms with Crippen LogP contribution in [0, 0.1) is 5.41 Å².